The van der Waals surface area contributed by atoms with Crippen molar-refractivity contribution in [3.05, 3.63) is 41.7 Å². The smallest absolute Gasteiger partial charge is 0.355 e. The third kappa shape index (κ3) is 4.73. The summed E-state index contributed by atoms with van der Waals surface area (Å²) in [4.78, 5) is 12.0. The number of thioether (sulfide) groups is 1. The van der Waals surface area contributed by atoms with Crippen molar-refractivity contribution in [2.24, 2.45) is 7.05 Å². The van der Waals surface area contributed by atoms with Gasteiger partial charge in [0.1, 0.15) is 0 Å². The van der Waals surface area contributed by atoms with E-state index in [0.717, 1.165) is 21.9 Å². The molecule has 1 amide bonds. The molecule has 1 atom stereocenters. The van der Waals surface area contributed by atoms with Crippen LogP contribution in [0.5, 0.6) is 0 Å². The van der Waals surface area contributed by atoms with E-state index in [1.165, 1.54) is 7.05 Å². The van der Waals surface area contributed by atoms with Crippen molar-refractivity contribution in [3.8, 4) is 0 Å². The fraction of sp³-hybridized carbons (Fsp3) is 0.400. The summed E-state index contributed by atoms with van der Waals surface area (Å²) < 4.78 is 38.9. The lowest BCUT2D eigenvalue weighted by Crippen LogP contribution is -2.32. The summed E-state index contributed by atoms with van der Waals surface area (Å²) >= 11 is 0.939. The molecule has 2 aromatic rings. The molecule has 130 valence electrons. The molecule has 1 heterocycles. The van der Waals surface area contributed by atoms with E-state index in [1.807, 2.05) is 30.3 Å². The zero-order chi connectivity index (χ0) is 17.7. The molecule has 2 rings (SSSR count). The molecule has 0 unspecified atom stereocenters. The minimum absolute atomic E-state index is 0.0491. The Balaban J connectivity index is 1.87. The van der Waals surface area contributed by atoms with Gasteiger partial charge in [-0.15, -0.1) is 10.2 Å². The van der Waals surface area contributed by atoms with Gasteiger partial charge < -0.3 is 9.88 Å². The number of hydrogen-bond acceptors (Lipinski definition) is 4. The predicted molar refractivity (Wildman–Crippen MR) is 84.5 cm³/mol. The van der Waals surface area contributed by atoms with Crippen LogP contribution in [0, 0.1) is 0 Å². The fourth-order valence-corrected chi connectivity index (χ4v) is 2.83. The Labute approximate surface area is 141 Å². The van der Waals surface area contributed by atoms with E-state index in [1.54, 1.807) is 6.92 Å². The molecule has 5 nitrogen and oxygen atoms in total. The topological polar surface area (TPSA) is 59.8 Å². The molecule has 1 aromatic heterocycles. The van der Waals surface area contributed by atoms with Gasteiger partial charge in [-0.1, -0.05) is 42.1 Å². The number of alkyl halides is 3. The molecule has 0 aliphatic heterocycles. The van der Waals surface area contributed by atoms with Crippen molar-refractivity contribution in [1.29, 1.82) is 0 Å². The average Bonchev–Trinajstić information content (AvgIpc) is 2.89. The second-order valence-electron chi connectivity index (χ2n) is 5.15. The van der Waals surface area contributed by atoms with Gasteiger partial charge in [0.15, 0.2) is 5.16 Å². The van der Waals surface area contributed by atoms with Crippen LogP contribution < -0.4 is 5.32 Å². The summed E-state index contributed by atoms with van der Waals surface area (Å²) in [6.07, 6.45) is -3.88. The van der Waals surface area contributed by atoms with Crippen LogP contribution in [0.2, 0.25) is 0 Å². The van der Waals surface area contributed by atoms with E-state index < -0.39 is 17.3 Å². The molecule has 0 bridgehead atoms. The standard InChI is InChI=1S/C15H17F3N4OS/c1-10(12(23)19-9-8-11-6-4-3-5-7-11)24-14-21-20-13(22(14)2)15(16,17)18/h3-7,10H,8-9H2,1-2H3,(H,19,23)/t10-/m0/s1. The Morgan fingerprint density at radius 3 is 2.54 bits per heavy atom. The molecule has 0 saturated carbocycles. The van der Waals surface area contributed by atoms with Crippen LogP contribution in [0.3, 0.4) is 0 Å². The molecule has 0 radical (unpaired) electrons. The molecule has 24 heavy (non-hydrogen) atoms. The third-order valence-electron chi connectivity index (χ3n) is 3.30. The molecular formula is C15H17F3N4OS. The van der Waals surface area contributed by atoms with Crippen LogP contribution in [0.4, 0.5) is 13.2 Å². The van der Waals surface area contributed by atoms with Crippen LogP contribution in [-0.2, 0) is 24.4 Å². The van der Waals surface area contributed by atoms with E-state index in [4.69, 9.17) is 0 Å². The number of nitrogens with zero attached hydrogens (tertiary/aromatic N) is 3. The van der Waals surface area contributed by atoms with Gasteiger partial charge in [-0.05, 0) is 18.9 Å². The minimum atomic E-state index is -4.57. The maximum absolute atomic E-state index is 12.7. The number of aromatic nitrogens is 3. The Hall–Kier alpha value is -2.03. The minimum Gasteiger partial charge on any atom is -0.355 e. The second kappa shape index (κ2) is 7.69. The molecule has 0 aliphatic carbocycles. The van der Waals surface area contributed by atoms with Crippen LogP contribution in [-0.4, -0.2) is 32.5 Å². The number of hydrogen-bond donors (Lipinski definition) is 1. The van der Waals surface area contributed by atoms with E-state index in [-0.39, 0.29) is 11.1 Å². The lowest BCUT2D eigenvalue weighted by Gasteiger charge is -2.12. The molecule has 1 N–H and O–H groups in total. The number of rotatable bonds is 6. The first kappa shape index (κ1) is 18.3. The zero-order valence-electron chi connectivity index (χ0n) is 13.2. The van der Waals surface area contributed by atoms with Crippen LogP contribution in [0.1, 0.15) is 18.3 Å². The lowest BCUT2D eigenvalue weighted by atomic mass is 10.1. The Morgan fingerprint density at radius 1 is 1.29 bits per heavy atom. The molecule has 0 aliphatic rings. The van der Waals surface area contributed by atoms with E-state index in [2.05, 4.69) is 15.5 Å². The monoisotopic (exact) mass is 358 g/mol. The highest BCUT2D eigenvalue weighted by atomic mass is 32.2. The molecule has 1 aromatic carbocycles. The van der Waals surface area contributed by atoms with Gasteiger partial charge in [-0.25, -0.2) is 0 Å². The summed E-state index contributed by atoms with van der Waals surface area (Å²) in [6.45, 7) is 2.07. The molecular weight excluding hydrogens is 341 g/mol. The van der Waals surface area contributed by atoms with Gasteiger partial charge in [0.25, 0.3) is 0 Å². The van der Waals surface area contributed by atoms with Crippen molar-refractivity contribution in [3.63, 3.8) is 0 Å². The Kier molecular flexibility index (Phi) is 5.87. The van der Waals surface area contributed by atoms with Gasteiger partial charge in [0.2, 0.25) is 11.7 Å². The Morgan fingerprint density at radius 2 is 1.96 bits per heavy atom. The van der Waals surface area contributed by atoms with E-state index in [0.29, 0.717) is 13.0 Å². The Bertz CT molecular complexity index is 688. The number of carbonyl (C=O) groups excluding carboxylic acids is 1. The second-order valence-corrected chi connectivity index (χ2v) is 6.46. The molecule has 9 heteroatoms. The quantitative estimate of drug-likeness (QED) is 0.807. The van der Waals surface area contributed by atoms with Crippen LogP contribution in [0.15, 0.2) is 35.5 Å². The highest BCUT2D eigenvalue weighted by Gasteiger charge is 2.37. The molecule has 0 saturated heterocycles. The van der Waals surface area contributed by atoms with Crippen molar-refractivity contribution < 1.29 is 18.0 Å². The normalized spacial score (nSPS) is 12.9. The van der Waals surface area contributed by atoms with Crippen molar-refractivity contribution >= 4 is 17.7 Å². The highest BCUT2D eigenvalue weighted by Crippen LogP contribution is 2.30. The number of nitrogens with one attached hydrogen (secondary N) is 1. The number of amides is 1. The van der Waals surface area contributed by atoms with Gasteiger partial charge in [-0.3, -0.25) is 4.79 Å². The predicted octanol–water partition coefficient (Wildman–Crippen LogP) is 2.67. The SMILES string of the molecule is C[C@H](Sc1nnc(C(F)(F)F)n1C)C(=O)NCCc1ccccc1. The van der Waals surface area contributed by atoms with Crippen LogP contribution >= 0.6 is 11.8 Å². The van der Waals surface area contributed by atoms with Crippen molar-refractivity contribution in [2.75, 3.05) is 6.54 Å². The maximum Gasteiger partial charge on any atom is 0.451 e. The number of carbonyl (C=O) groups is 1. The van der Waals surface area contributed by atoms with E-state index >= 15 is 0 Å². The van der Waals surface area contributed by atoms with E-state index in [9.17, 15) is 18.0 Å². The van der Waals surface area contributed by atoms with Gasteiger partial charge in [0, 0.05) is 13.6 Å². The summed E-state index contributed by atoms with van der Waals surface area (Å²) in [5, 5.41) is 8.88. The fourth-order valence-electron chi connectivity index (χ4n) is 1.99. The van der Waals surface area contributed by atoms with Gasteiger partial charge in [-0.2, -0.15) is 13.2 Å². The highest BCUT2D eigenvalue weighted by molar-refractivity contribution is 8.00. The van der Waals surface area contributed by atoms with Gasteiger partial charge in [0.05, 0.1) is 5.25 Å². The summed E-state index contributed by atoms with van der Waals surface area (Å²) in [5.74, 6) is -1.34. The first-order valence-corrected chi connectivity index (χ1v) is 8.12. The largest absolute Gasteiger partial charge is 0.451 e. The number of benzene rings is 1. The summed E-state index contributed by atoms with van der Waals surface area (Å²) in [5.41, 5.74) is 1.10. The van der Waals surface area contributed by atoms with Crippen molar-refractivity contribution in [1.82, 2.24) is 20.1 Å². The average molecular weight is 358 g/mol. The lowest BCUT2D eigenvalue weighted by molar-refractivity contribution is -0.147. The zero-order valence-corrected chi connectivity index (χ0v) is 14.0. The first-order valence-electron chi connectivity index (χ1n) is 7.24. The van der Waals surface area contributed by atoms with Crippen molar-refractivity contribution in [2.45, 2.75) is 29.9 Å². The molecule has 0 spiro atoms. The third-order valence-corrected chi connectivity index (χ3v) is 4.43. The molecule has 0 fully saturated rings. The van der Waals surface area contributed by atoms with Crippen LogP contribution in [0.25, 0.3) is 0 Å². The summed E-state index contributed by atoms with van der Waals surface area (Å²) in [6, 6.07) is 9.67. The van der Waals surface area contributed by atoms with Gasteiger partial charge >= 0.3 is 6.18 Å². The number of halogens is 3. The summed E-state index contributed by atoms with van der Waals surface area (Å²) in [7, 11) is 1.23. The first-order chi connectivity index (χ1) is 11.3. The maximum atomic E-state index is 12.7.